The van der Waals surface area contributed by atoms with Crippen LogP contribution in [0, 0.1) is 5.92 Å². The van der Waals surface area contributed by atoms with E-state index in [1.54, 1.807) is 12.1 Å². The second-order valence-electron chi connectivity index (χ2n) is 6.67. The predicted octanol–water partition coefficient (Wildman–Crippen LogP) is 4.43. The summed E-state index contributed by atoms with van der Waals surface area (Å²) in [6, 6.07) is 11.2. The Labute approximate surface area is 170 Å². The molecule has 0 spiro atoms. The molecule has 0 radical (unpaired) electrons. The van der Waals surface area contributed by atoms with Crippen LogP contribution in [0.5, 0.6) is 0 Å². The van der Waals surface area contributed by atoms with Gasteiger partial charge in [0.2, 0.25) is 11.8 Å². The monoisotopic (exact) mass is 415 g/mol. The number of hydrogen-bond acceptors (Lipinski definition) is 5. The molecule has 1 aliphatic carbocycles. The Morgan fingerprint density at radius 1 is 1.29 bits per heavy atom. The van der Waals surface area contributed by atoms with E-state index in [-0.39, 0.29) is 23.7 Å². The van der Waals surface area contributed by atoms with Gasteiger partial charge in [-0.1, -0.05) is 29.8 Å². The molecule has 0 aliphatic heterocycles. The van der Waals surface area contributed by atoms with Gasteiger partial charge < -0.3 is 15.1 Å². The molecule has 1 fully saturated rings. The van der Waals surface area contributed by atoms with Crippen LogP contribution in [0.3, 0.4) is 0 Å². The Morgan fingerprint density at radius 2 is 2.11 bits per heavy atom. The molecule has 2 heterocycles. The van der Waals surface area contributed by atoms with E-state index in [2.05, 4.69) is 15.6 Å². The van der Waals surface area contributed by atoms with Crippen LogP contribution in [-0.2, 0) is 16.1 Å². The van der Waals surface area contributed by atoms with E-state index in [1.165, 1.54) is 18.3 Å². The number of amides is 2. The number of carbonyl (C=O) groups excluding carboxylic acids is 2. The largest absolute Gasteiger partial charge is 0.458 e. The Balaban J connectivity index is 1.37. The number of nitrogens with one attached hydrogen (secondary N) is 2. The van der Waals surface area contributed by atoms with Gasteiger partial charge in [-0.3, -0.25) is 9.59 Å². The number of nitrogens with zero attached hydrogens (tertiary/aromatic N) is 1. The van der Waals surface area contributed by atoms with Crippen LogP contribution < -0.4 is 10.6 Å². The average Bonchev–Trinajstić information content (AvgIpc) is 3.09. The van der Waals surface area contributed by atoms with Crippen LogP contribution >= 0.6 is 22.9 Å². The summed E-state index contributed by atoms with van der Waals surface area (Å²) in [4.78, 5) is 27.9. The van der Waals surface area contributed by atoms with Gasteiger partial charge in [-0.25, -0.2) is 4.98 Å². The number of hydrogen-bond donors (Lipinski definition) is 2. The minimum atomic E-state index is -0.119. The third-order valence-electron chi connectivity index (χ3n) is 4.59. The zero-order valence-corrected chi connectivity index (χ0v) is 16.6. The standard InChI is InChI=1S/C20H18ClN3O3S/c1-11(25)22-9-12-6-7-18(27-12)17-10-28-20(23-17)24-19(26)15-8-14(15)13-4-2-3-5-16(13)21/h2-7,10,14-15H,8-9H2,1H3,(H,22,25)(H,23,24,26)/t14-,15-/m1/s1. The fourth-order valence-corrected chi connectivity index (χ4v) is 4.05. The molecule has 2 N–H and O–H groups in total. The Kier molecular flexibility index (Phi) is 5.19. The average molecular weight is 416 g/mol. The number of anilines is 1. The van der Waals surface area contributed by atoms with Crippen LogP contribution in [-0.4, -0.2) is 16.8 Å². The van der Waals surface area contributed by atoms with E-state index in [0.717, 1.165) is 12.0 Å². The normalized spacial score (nSPS) is 17.9. The number of halogens is 1. The smallest absolute Gasteiger partial charge is 0.229 e. The molecule has 0 unspecified atom stereocenters. The number of benzene rings is 1. The zero-order valence-electron chi connectivity index (χ0n) is 15.1. The van der Waals surface area contributed by atoms with Crippen molar-refractivity contribution in [1.29, 1.82) is 0 Å². The van der Waals surface area contributed by atoms with E-state index < -0.39 is 0 Å². The summed E-state index contributed by atoms with van der Waals surface area (Å²) in [6.45, 7) is 1.78. The Morgan fingerprint density at radius 3 is 2.89 bits per heavy atom. The third-order valence-corrected chi connectivity index (χ3v) is 5.69. The van der Waals surface area contributed by atoms with E-state index in [4.69, 9.17) is 16.0 Å². The van der Waals surface area contributed by atoms with Crippen molar-refractivity contribution in [3.8, 4) is 11.5 Å². The molecule has 1 aliphatic rings. The van der Waals surface area contributed by atoms with Gasteiger partial charge >= 0.3 is 0 Å². The molecule has 2 aromatic heterocycles. The van der Waals surface area contributed by atoms with Crippen molar-refractivity contribution in [2.24, 2.45) is 5.92 Å². The van der Waals surface area contributed by atoms with Gasteiger partial charge in [0, 0.05) is 23.2 Å². The summed E-state index contributed by atoms with van der Waals surface area (Å²) in [5, 5.41) is 8.63. The highest BCUT2D eigenvalue weighted by Crippen LogP contribution is 2.50. The fourth-order valence-electron chi connectivity index (χ4n) is 3.07. The molecule has 144 valence electrons. The molecule has 28 heavy (non-hydrogen) atoms. The highest BCUT2D eigenvalue weighted by molar-refractivity contribution is 7.14. The topological polar surface area (TPSA) is 84.2 Å². The molecule has 4 rings (SSSR count). The lowest BCUT2D eigenvalue weighted by Crippen LogP contribution is -2.18. The lowest BCUT2D eigenvalue weighted by atomic mass is 10.1. The lowest BCUT2D eigenvalue weighted by molar-refractivity contribution is -0.119. The highest BCUT2D eigenvalue weighted by atomic mass is 35.5. The molecule has 6 nitrogen and oxygen atoms in total. The van der Waals surface area contributed by atoms with Gasteiger partial charge in [0.15, 0.2) is 10.9 Å². The van der Waals surface area contributed by atoms with Crippen LogP contribution in [0.15, 0.2) is 46.2 Å². The predicted molar refractivity (Wildman–Crippen MR) is 108 cm³/mol. The molecule has 8 heteroatoms. The first-order valence-corrected chi connectivity index (χ1v) is 10.1. The van der Waals surface area contributed by atoms with E-state index >= 15 is 0 Å². The fraction of sp³-hybridized carbons (Fsp3) is 0.250. The van der Waals surface area contributed by atoms with Crippen LogP contribution in [0.1, 0.15) is 30.6 Å². The number of rotatable bonds is 6. The SMILES string of the molecule is CC(=O)NCc1ccc(-c2csc(NC(=O)[C@@H]3C[C@@H]3c3ccccc3Cl)n2)o1. The van der Waals surface area contributed by atoms with Gasteiger partial charge in [-0.05, 0) is 36.1 Å². The minimum absolute atomic E-state index is 0.0448. The van der Waals surface area contributed by atoms with Gasteiger partial charge in [-0.15, -0.1) is 11.3 Å². The summed E-state index contributed by atoms with van der Waals surface area (Å²) in [5.74, 6) is 1.15. The molecule has 0 bridgehead atoms. The van der Waals surface area contributed by atoms with Crippen molar-refractivity contribution in [3.63, 3.8) is 0 Å². The molecule has 1 aromatic carbocycles. The molecular weight excluding hydrogens is 398 g/mol. The molecule has 2 atom stereocenters. The number of carbonyl (C=O) groups is 2. The second kappa shape index (κ2) is 7.77. The second-order valence-corrected chi connectivity index (χ2v) is 7.94. The summed E-state index contributed by atoms with van der Waals surface area (Å²) < 4.78 is 5.69. The van der Waals surface area contributed by atoms with Crippen molar-refractivity contribution < 1.29 is 14.0 Å². The Hall–Kier alpha value is -2.64. The first-order valence-electron chi connectivity index (χ1n) is 8.85. The van der Waals surface area contributed by atoms with Gasteiger partial charge in [0.25, 0.3) is 0 Å². The number of aromatic nitrogens is 1. The van der Waals surface area contributed by atoms with Crippen molar-refractivity contribution in [2.75, 3.05) is 5.32 Å². The molecular formula is C20H18ClN3O3S. The van der Waals surface area contributed by atoms with E-state index in [0.29, 0.717) is 33.9 Å². The third kappa shape index (κ3) is 4.10. The van der Waals surface area contributed by atoms with Crippen molar-refractivity contribution in [2.45, 2.75) is 25.8 Å². The van der Waals surface area contributed by atoms with Crippen LogP contribution in [0.2, 0.25) is 5.02 Å². The van der Waals surface area contributed by atoms with Crippen LogP contribution in [0.4, 0.5) is 5.13 Å². The molecule has 2 amide bonds. The zero-order chi connectivity index (χ0) is 19.7. The minimum Gasteiger partial charge on any atom is -0.458 e. The van der Waals surface area contributed by atoms with E-state index in [9.17, 15) is 9.59 Å². The highest BCUT2D eigenvalue weighted by Gasteiger charge is 2.45. The van der Waals surface area contributed by atoms with Crippen molar-refractivity contribution >= 4 is 39.9 Å². The van der Waals surface area contributed by atoms with Gasteiger partial charge in [0.1, 0.15) is 11.5 Å². The first-order chi connectivity index (χ1) is 13.5. The summed E-state index contributed by atoms with van der Waals surface area (Å²) in [7, 11) is 0. The maximum absolute atomic E-state index is 12.5. The molecule has 1 saturated carbocycles. The quantitative estimate of drug-likeness (QED) is 0.623. The molecule has 3 aromatic rings. The van der Waals surface area contributed by atoms with Crippen LogP contribution in [0.25, 0.3) is 11.5 Å². The first kappa shape index (κ1) is 18.7. The summed E-state index contributed by atoms with van der Waals surface area (Å²) in [6.07, 6.45) is 0.790. The van der Waals surface area contributed by atoms with Crippen molar-refractivity contribution in [1.82, 2.24) is 10.3 Å². The van der Waals surface area contributed by atoms with Crippen molar-refractivity contribution in [3.05, 3.63) is 58.1 Å². The van der Waals surface area contributed by atoms with Gasteiger partial charge in [-0.2, -0.15) is 0 Å². The van der Waals surface area contributed by atoms with Gasteiger partial charge in [0.05, 0.1) is 6.54 Å². The lowest BCUT2D eigenvalue weighted by Gasteiger charge is -2.03. The number of thiazole rings is 1. The summed E-state index contributed by atoms with van der Waals surface area (Å²) in [5.41, 5.74) is 1.67. The van der Waals surface area contributed by atoms with E-state index in [1.807, 2.05) is 29.6 Å². The molecule has 0 saturated heterocycles. The number of furan rings is 1. The summed E-state index contributed by atoms with van der Waals surface area (Å²) >= 11 is 7.57. The Bertz CT molecular complexity index is 1030. The maximum atomic E-state index is 12.5. The maximum Gasteiger partial charge on any atom is 0.229 e.